The summed E-state index contributed by atoms with van der Waals surface area (Å²) in [6.45, 7) is 7.87. The Kier molecular flexibility index (Phi) is 6.86. The summed E-state index contributed by atoms with van der Waals surface area (Å²) >= 11 is 0. The van der Waals surface area contributed by atoms with E-state index in [0.29, 0.717) is 30.6 Å². The van der Waals surface area contributed by atoms with E-state index in [4.69, 9.17) is 9.47 Å². The minimum atomic E-state index is -0.634. The molecule has 0 amide bonds. The molecular weight excluding hydrogens is 308 g/mol. The van der Waals surface area contributed by atoms with Crippen molar-refractivity contribution in [3.05, 3.63) is 23.8 Å². The Morgan fingerprint density at radius 2 is 1.92 bits per heavy atom. The lowest BCUT2D eigenvalue weighted by atomic mass is 10.1. The van der Waals surface area contributed by atoms with Crippen LogP contribution in [0.4, 0.5) is 0 Å². The van der Waals surface area contributed by atoms with Gasteiger partial charge in [-0.2, -0.15) is 0 Å². The van der Waals surface area contributed by atoms with Crippen molar-refractivity contribution in [2.75, 3.05) is 46.9 Å². The number of rotatable bonds is 7. The van der Waals surface area contributed by atoms with E-state index in [1.54, 1.807) is 14.2 Å². The summed E-state index contributed by atoms with van der Waals surface area (Å²) in [5.74, 6) is 1.38. The van der Waals surface area contributed by atoms with Crippen LogP contribution in [-0.2, 0) is 0 Å². The van der Waals surface area contributed by atoms with Crippen molar-refractivity contribution in [3.63, 3.8) is 0 Å². The summed E-state index contributed by atoms with van der Waals surface area (Å²) < 4.78 is 10.6. The fourth-order valence-corrected chi connectivity index (χ4v) is 3.29. The molecule has 0 saturated carbocycles. The Morgan fingerprint density at radius 3 is 2.50 bits per heavy atom. The lowest BCUT2D eigenvalue weighted by Gasteiger charge is -2.41. The summed E-state index contributed by atoms with van der Waals surface area (Å²) in [6.07, 6.45) is -0.948. The zero-order chi connectivity index (χ0) is 17.7. The second-order valence-corrected chi connectivity index (χ2v) is 6.58. The molecule has 1 aliphatic rings. The number of nitrogens with zero attached hydrogens (tertiary/aromatic N) is 2. The van der Waals surface area contributed by atoms with Crippen LogP contribution in [0.5, 0.6) is 11.5 Å². The smallest absolute Gasteiger partial charge is 0.124 e. The van der Waals surface area contributed by atoms with Gasteiger partial charge in [-0.15, -0.1) is 0 Å². The number of methoxy groups -OCH3 is 2. The second kappa shape index (κ2) is 8.67. The largest absolute Gasteiger partial charge is 0.497 e. The molecule has 6 heteroatoms. The monoisotopic (exact) mass is 338 g/mol. The predicted molar refractivity (Wildman–Crippen MR) is 93.7 cm³/mol. The molecule has 0 aromatic heterocycles. The molecule has 6 nitrogen and oxygen atoms in total. The molecule has 24 heavy (non-hydrogen) atoms. The summed E-state index contributed by atoms with van der Waals surface area (Å²) in [7, 11) is 3.22. The summed E-state index contributed by atoms with van der Waals surface area (Å²) in [4.78, 5) is 4.55. The minimum Gasteiger partial charge on any atom is -0.497 e. The molecule has 2 N–H and O–H groups in total. The van der Waals surface area contributed by atoms with Gasteiger partial charge < -0.3 is 19.7 Å². The molecule has 2 rings (SSSR count). The summed E-state index contributed by atoms with van der Waals surface area (Å²) in [5.41, 5.74) is 0.746. The highest BCUT2D eigenvalue weighted by Crippen LogP contribution is 2.30. The number of hydrogen-bond acceptors (Lipinski definition) is 6. The van der Waals surface area contributed by atoms with Crippen LogP contribution in [0.3, 0.4) is 0 Å². The zero-order valence-corrected chi connectivity index (χ0v) is 15.1. The summed E-state index contributed by atoms with van der Waals surface area (Å²) in [5, 5.41) is 20.2. The maximum Gasteiger partial charge on any atom is 0.124 e. The second-order valence-electron chi connectivity index (χ2n) is 6.58. The number of aliphatic hydroxyl groups is 2. The van der Waals surface area contributed by atoms with Crippen molar-refractivity contribution < 1.29 is 19.7 Å². The molecule has 0 bridgehead atoms. The third kappa shape index (κ3) is 4.83. The molecule has 1 aliphatic heterocycles. The Labute approximate surface area is 144 Å². The van der Waals surface area contributed by atoms with Crippen LogP contribution in [0.1, 0.15) is 25.5 Å². The molecule has 0 unspecified atom stereocenters. The number of aliphatic hydroxyl groups excluding tert-OH is 2. The van der Waals surface area contributed by atoms with E-state index in [0.717, 1.165) is 25.2 Å². The van der Waals surface area contributed by atoms with Crippen LogP contribution in [0, 0.1) is 0 Å². The van der Waals surface area contributed by atoms with Gasteiger partial charge in [-0.25, -0.2) is 0 Å². The normalized spacial score (nSPS) is 22.2. The summed E-state index contributed by atoms with van der Waals surface area (Å²) in [6, 6.07) is 5.83. The van der Waals surface area contributed by atoms with Crippen molar-refractivity contribution in [1.82, 2.24) is 9.80 Å². The highest BCUT2D eigenvalue weighted by molar-refractivity contribution is 5.41. The van der Waals surface area contributed by atoms with Crippen LogP contribution < -0.4 is 9.47 Å². The first kappa shape index (κ1) is 19.0. The third-order valence-corrected chi connectivity index (χ3v) is 4.57. The molecule has 136 valence electrons. The molecule has 0 radical (unpaired) electrons. The van der Waals surface area contributed by atoms with Gasteiger partial charge in [-0.3, -0.25) is 9.80 Å². The maximum atomic E-state index is 10.7. The predicted octanol–water partition coefficient (Wildman–Crippen LogP) is 1.12. The molecule has 1 fully saturated rings. The van der Waals surface area contributed by atoms with Crippen LogP contribution >= 0.6 is 0 Å². The van der Waals surface area contributed by atoms with E-state index < -0.39 is 6.10 Å². The van der Waals surface area contributed by atoms with Crippen molar-refractivity contribution in [2.45, 2.75) is 32.1 Å². The van der Waals surface area contributed by atoms with E-state index in [1.807, 2.05) is 25.1 Å². The molecular formula is C18H30N2O4. The van der Waals surface area contributed by atoms with E-state index in [9.17, 15) is 10.2 Å². The Bertz CT molecular complexity index is 524. The van der Waals surface area contributed by atoms with Gasteiger partial charge in [0, 0.05) is 44.3 Å². The average molecular weight is 338 g/mol. The van der Waals surface area contributed by atoms with Gasteiger partial charge in [0.2, 0.25) is 0 Å². The molecule has 1 saturated heterocycles. The van der Waals surface area contributed by atoms with Gasteiger partial charge in [0.05, 0.1) is 26.4 Å². The SMILES string of the molecule is COc1ccc(OC)c([C@H](O)CN2CCN(C[C@H](C)O)[C@H](C)C2)c1. The standard InChI is InChI=1S/C18H30N2O4/c1-13-10-19(7-8-20(13)11-14(2)21)12-17(22)16-9-15(23-3)5-6-18(16)24-4/h5-6,9,13-14,17,21-22H,7-8,10-12H2,1-4H3/t13-,14+,17-/m1/s1. The highest BCUT2D eigenvalue weighted by atomic mass is 16.5. The number of ether oxygens (including phenoxy) is 2. The average Bonchev–Trinajstić information content (AvgIpc) is 2.56. The van der Waals surface area contributed by atoms with Gasteiger partial charge in [0.1, 0.15) is 11.5 Å². The van der Waals surface area contributed by atoms with Crippen LogP contribution in [0.15, 0.2) is 18.2 Å². The highest BCUT2D eigenvalue weighted by Gasteiger charge is 2.26. The van der Waals surface area contributed by atoms with E-state index in [2.05, 4.69) is 16.7 Å². The van der Waals surface area contributed by atoms with Gasteiger partial charge in [-0.05, 0) is 32.0 Å². The first-order valence-electron chi connectivity index (χ1n) is 8.49. The Balaban J connectivity index is 1.99. The molecule has 1 aromatic carbocycles. The van der Waals surface area contributed by atoms with Crippen molar-refractivity contribution in [2.24, 2.45) is 0 Å². The fraction of sp³-hybridized carbons (Fsp3) is 0.667. The quantitative estimate of drug-likeness (QED) is 0.777. The van der Waals surface area contributed by atoms with Crippen LogP contribution in [0.2, 0.25) is 0 Å². The first-order chi connectivity index (χ1) is 11.4. The first-order valence-corrected chi connectivity index (χ1v) is 8.49. The molecule has 0 spiro atoms. The molecule has 3 atom stereocenters. The maximum absolute atomic E-state index is 10.7. The van der Waals surface area contributed by atoms with E-state index >= 15 is 0 Å². The lowest BCUT2D eigenvalue weighted by Crippen LogP contribution is -2.54. The van der Waals surface area contributed by atoms with Gasteiger partial charge in [0.25, 0.3) is 0 Å². The van der Waals surface area contributed by atoms with Gasteiger partial charge in [-0.1, -0.05) is 0 Å². The topological polar surface area (TPSA) is 65.4 Å². The third-order valence-electron chi connectivity index (χ3n) is 4.57. The molecule has 0 aliphatic carbocycles. The van der Waals surface area contributed by atoms with Gasteiger partial charge in [0.15, 0.2) is 0 Å². The van der Waals surface area contributed by atoms with E-state index in [-0.39, 0.29) is 6.10 Å². The van der Waals surface area contributed by atoms with Crippen LogP contribution in [0.25, 0.3) is 0 Å². The number of piperazine rings is 1. The van der Waals surface area contributed by atoms with E-state index in [1.165, 1.54) is 0 Å². The molecule has 1 heterocycles. The minimum absolute atomic E-state index is 0.314. The van der Waals surface area contributed by atoms with Crippen molar-refractivity contribution in [1.29, 1.82) is 0 Å². The van der Waals surface area contributed by atoms with Crippen molar-refractivity contribution >= 4 is 0 Å². The Hall–Kier alpha value is -1.34. The van der Waals surface area contributed by atoms with Crippen LogP contribution in [-0.4, -0.2) is 79.1 Å². The number of benzene rings is 1. The van der Waals surface area contributed by atoms with Crippen molar-refractivity contribution in [3.8, 4) is 11.5 Å². The lowest BCUT2D eigenvalue weighted by molar-refractivity contribution is 0.0236. The number of hydrogen-bond donors (Lipinski definition) is 2. The Morgan fingerprint density at radius 1 is 1.17 bits per heavy atom. The van der Waals surface area contributed by atoms with Gasteiger partial charge >= 0.3 is 0 Å². The molecule has 1 aromatic rings. The number of β-amino-alcohol motifs (C(OH)–C–C–N with tert-alkyl or cyclic N) is 2. The zero-order valence-electron chi connectivity index (χ0n) is 15.1. The fourth-order valence-electron chi connectivity index (χ4n) is 3.29.